The van der Waals surface area contributed by atoms with Gasteiger partial charge in [-0.25, -0.2) is 0 Å². The van der Waals surface area contributed by atoms with Crippen molar-refractivity contribution in [2.75, 3.05) is 13.2 Å². The summed E-state index contributed by atoms with van der Waals surface area (Å²) >= 11 is 6.44. The zero-order chi connectivity index (χ0) is 23.6. The van der Waals surface area contributed by atoms with E-state index in [0.717, 1.165) is 89.8 Å². The van der Waals surface area contributed by atoms with Crippen LogP contribution in [0.5, 0.6) is 11.5 Å². The molecule has 0 fully saturated rings. The number of fused-ring (bicyclic) bond motifs is 2. The van der Waals surface area contributed by atoms with Gasteiger partial charge in [0.25, 0.3) is 0 Å². The number of benzene rings is 2. The first-order valence-corrected chi connectivity index (χ1v) is 13.0. The fraction of sp³-hybridized carbons (Fsp3) is 0.571. The van der Waals surface area contributed by atoms with E-state index in [2.05, 4.69) is 13.8 Å². The number of hydrogen-bond donors (Lipinski definition) is 2. The Morgan fingerprint density at radius 2 is 1.33 bits per heavy atom. The molecule has 2 unspecified atom stereocenters. The molecule has 0 spiro atoms. The van der Waals surface area contributed by atoms with Crippen molar-refractivity contribution in [3.05, 3.63) is 46.5 Å². The highest BCUT2D eigenvalue weighted by atomic mass is 35.5. The van der Waals surface area contributed by atoms with Crippen LogP contribution in [0.4, 0.5) is 0 Å². The Morgan fingerprint density at radius 3 is 1.85 bits per heavy atom. The summed E-state index contributed by atoms with van der Waals surface area (Å²) in [6.07, 6.45) is 10.3. The number of aliphatic hydroxyl groups excluding tert-OH is 2. The van der Waals surface area contributed by atoms with Crippen molar-refractivity contribution in [1.82, 2.24) is 0 Å². The van der Waals surface area contributed by atoms with Gasteiger partial charge in [0.15, 0.2) is 0 Å². The second kappa shape index (κ2) is 13.2. The van der Waals surface area contributed by atoms with Gasteiger partial charge in [-0.1, -0.05) is 94.3 Å². The van der Waals surface area contributed by atoms with Crippen LogP contribution in [0.15, 0.2) is 35.4 Å². The van der Waals surface area contributed by atoms with Gasteiger partial charge in [-0.15, -0.1) is 0 Å². The van der Waals surface area contributed by atoms with E-state index in [0.29, 0.717) is 12.8 Å². The highest BCUT2D eigenvalue weighted by Crippen LogP contribution is 2.44. The van der Waals surface area contributed by atoms with Gasteiger partial charge >= 0.3 is 0 Å². The number of allylic oxidation sites excluding steroid dienone is 2. The van der Waals surface area contributed by atoms with E-state index in [1.165, 1.54) is 0 Å². The Labute approximate surface area is 203 Å². The average molecular weight is 475 g/mol. The topological polar surface area (TPSA) is 58.9 Å². The van der Waals surface area contributed by atoms with Crippen molar-refractivity contribution in [3.8, 4) is 11.5 Å². The van der Waals surface area contributed by atoms with Crippen molar-refractivity contribution < 1.29 is 19.7 Å². The number of halogens is 1. The highest BCUT2D eigenvalue weighted by molar-refractivity contribution is 6.30. The molecule has 0 saturated heterocycles. The van der Waals surface area contributed by atoms with Crippen LogP contribution in [-0.4, -0.2) is 35.6 Å². The average Bonchev–Trinajstić information content (AvgIpc) is 2.81. The zero-order valence-corrected chi connectivity index (χ0v) is 20.9. The van der Waals surface area contributed by atoms with Crippen LogP contribution in [0.25, 0.3) is 10.8 Å². The number of aliphatic hydroxyl groups is 2. The van der Waals surface area contributed by atoms with Crippen LogP contribution >= 0.6 is 11.6 Å². The van der Waals surface area contributed by atoms with E-state index in [9.17, 15) is 10.2 Å². The van der Waals surface area contributed by atoms with Gasteiger partial charge in [0.1, 0.15) is 24.7 Å². The molecule has 0 aromatic heterocycles. The quantitative estimate of drug-likeness (QED) is 0.299. The SMILES string of the molecule is CCCCCC(O)COc1c2c(c(OCC(O)CCCCC)c3ccccc13)CC(Cl)=CC2. The van der Waals surface area contributed by atoms with Gasteiger partial charge in [0.05, 0.1) is 12.2 Å². The minimum Gasteiger partial charge on any atom is -0.490 e. The normalized spacial score (nSPS) is 15.1. The number of ether oxygens (including phenoxy) is 2. The molecule has 2 atom stereocenters. The summed E-state index contributed by atoms with van der Waals surface area (Å²) < 4.78 is 12.5. The Morgan fingerprint density at radius 1 is 0.818 bits per heavy atom. The summed E-state index contributed by atoms with van der Waals surface area (Å²) in [6.45, 7) is 4.85. The van der Waals surface area contributed by atoms with Crippen molar-refractivity contribution in [1.29, 1.82) is 0 Å². The van der Waals surface area contributed by atoms with Crippen molar-refractivity contribution >= 4 is 22.4 Å². The molecule has 0 amide bonds. The molecule has 0 radical (unpaired) electrons. The molecule has 2 N–H and O–H groups in total. The first kappa shape index (κ1) is 25.9. The molecule has 2 aromatic carbocycles. The summed E-state index contributed by atoms with van der Waals surface area (Å²) in [7, 11) is 0. The van der Waals surface area contributed by atoms with Gasteiger partial charge in [-0.05, 0) is 19.3 Å². The zero-order valence-electron chi connectivity index (χ0n) is 20.1. The lowest BCUT2D eigenvalue weighted by Gasteiger charge is -2.25. The van der Waals surface area contributed by atoms with E-state index in [1.807, 2.05) is 30.3 Å². The molecule has 0 aliphatic heterocycles. The molecule has 1 aliphatic rings. The van der Waals surface area contributed by atoms with Crippen molar-refractivity contribution in [2.45, 2.75) is 90.3 Å². The second-order valence-corrected chi connectivity index (χ2v) is 9.60. The third-order valence-electron chi connectivity index (χ3n) is 6.32. The maximum absolute atomic E-state index is 10.4. The van der Waals surface area contributed by atoms with Crippen LogP contribution in [0.1, 0.15) is 76.3 Å². The van der Waals surface area contributed by atoms with Crippen LogP contribution in [-0.2, 0) is 12.8 Å². The fourth-order valence-electron chi connectivity index (χ4n) is 4.45. The first-order chi connectivity index (χ1) is 16.0. The monoisotopic (exact) mass is 474 g/mol. The lowest BCUT2D eigenvalue weighted by Crippen LogP contribution is -2.20. The van der Waals surface area contributed by atoms with Gasteiger partial charge in [0.2, 0.25) is 0 Å². The number of hydrogen-bond acceptors (Lipinski definition) is 4. The molecule has 4 nitrogen and oxygen atoms in total. The lowest BCUT2D eigenvalue weighted by atomic mass is 9.90. The van der Waals surface area contributed by atoms with Crippen LogP contribution < -0.4 is 9.47 Å². The molecule has 1 aliphatic carbocycles. The Balaban J connectivity index is 1.87. The van der Waals surface area contributed by atoms with E-state index in [1.54, 1.807) is 0 Å². The molecular weight excluding hydrogens is 436 g/mol. The molecule has 0 saturated carbocycles. The van der Waals surface area contributed by atoms with Gasteiger partial charge in [0, 0.05) is 33.4 Å². The molecule has 5 heteroatoms. The number of unbranched alkanes of at least 4 members (excludes halogenated alkanes) is 4. The van der Waals surface area contributed by atoms with Crippen LogP contribution in [0.2, 0.25) is 0 Å². The predicted octanol–water partition coefficient (Wildman–Crippen LogP) is 6.70. The molecule has 0 heterocycles. The lowest BCUT2D eigenvalue weighted by molar-refractivity contribution is 0.0961. The Hall–Kier alpha value is -1.75. The summed E-state index contributed by atoms with van der Waals surface area (Å²) in [5.74, 6) is 1.60. The highest BCUT2D eigenvalue weighted by Gasteiger charge is 2.25. The maximum atomic E-state index is 10.4. The van der Waals surface area contributed by atoms with Gasteiger partial charge in [-0.3, -0.25) is 0 Å². The largest absolute Gasteiger partial charge is 0.490 e. The third kappa shape index (κ3) is 7.11. The molecule has 0 bridgehead atoms. The van der Waals surface area contributed by atoms with E-state index in [4.69, 9.17) is 21.1 Å². The molecule has 182 valence electrons. The summed E-state index contributed by atoms with van der Waals surface area (Å²) in [6, 6.07) is 8.06. The molecule has 33 heavy (non-hydrogen) atoms. The Kier molecular flexibility index (Phi) is 10.4. The van der Waals surface area contributed by atoms with E-state index >= 15 is 0 Å². The standard InChI is InChI=1S/C28H39ClO4/c1-3-5-7-11-21(30)18-32-27-23-13-9-10-14-24(23)28(26-17-20(29)15-16-25(26)27)33-19-22(31)12-8-6-4-2/h9-10,13-15,21-22,30-31H,3-8,11-12,16-19H2,1-2H3. The van der Waals surface area contributed by atoms with Gasteiger partial charge < -0.3 is 19.7 Å². The van der Waals surface area contributed by atoms with E-state index in [-0.39, 0.29) is 13.2 Å². The first-order valence-electron chi connectivity index (χ1n) is 12.6. The van der Waals surface area contributed by atoms with Crippen molar-refractivity contribution in [3.63, 3.8) is 0 Å². The minimum atomic E-state index is -0.491. The smallest absolute Gasteiger partial charge is 0.131 e. The minimum absolute atomic E-state index is 0.262. The fourth-order valence-corrected chi connectivity index (χ4v) is 4.66. The van der Waals surface area contributed by atoms with Gasteiger partial charge in [-0.2, -0.15) is 0 Å². The molecule has 3 rings (SSSR count). The predicted molar refractivity (Wildman–Crippen MR) is 137 cm³/mol. The third-order valence-corrected chi connectivity index (χ3v) is 6.61. The summed E-state index contributed by atoms with van der Waals surface area (Å²) in [5.41, 5.74) is 2.09. The Bertz CT molecular complexity index is 924. The second-order valence-electron chi connectivity index (χ2n) is 9.11. The molecular formula is C28H39ClO4. The summed E-state index contributed by atoms with van der Waals surface area (Å²) in [5, 5.41) is 23.6. The number of rotatable bonds is 14. The van der Waals surface area contributed by atoms with Crippen LogP contribution in [0.3, 0.4) is 0 Å². The van der Waals surface area contributed by atoms with Crippen molar-refractivity contribution in [2.24, 2.45) is 0 Å². The van der Waals surface area contributed by atoms with Crippen LogP contribution in [0, 0.1) is 0 Å². The maximum Gasteiger partial charge on any atom is 0.131 e. The summed E-state index contributed by atoms with van der Waals surface area (Å²) in [4.78, 5) is 0. The molecule has 2 aromatic rings. The van der Waals surface area contributed by atoms with E-state index < -0.39 is 12.2 Å².